The van der Waals surface area contributed by atoms with Crippen molar-refractivity contribution >= 4 is 11.8 Å². The van der Waals surface area contributed by atoms with Gasteiger partial charge in [0.2, 0.25) is 0 Å². The normalized spacial score (nSPS) is 17.4. The predicted molar refractivity (Wildman–Crippen MR) is 73.7 cm³/mol. The average molecular weight is 231 g/mol. The van der Waals surface area contributed by atoms with Crippen molar-refractivity contribution in [2.24, 2.45) is 5.92 Å². The van der Waals surface area contributed by atoms with Crippen molar-refractivity contribution in [1.82, 2.24) is 5.32 Å². The minimum absolute atomic E-state index is 0.703. The summed E-state index contributed by atoms with van der Waals surface area (Å²) in [6.07, 6.45) is 3.80. The highest BCUT2D eigenvalue weighted by Crippen LogP contribution is 2.19. The predicted octanol–water partition coefficient (Wildman–Crippen LogP) is 3.93. The van der Waals surface area contributed by atoms with Crippen LogP contribution in [0.15, 0.2) is 0 Å². The van der Waals surface area contributed by atoms with Crippen LogP contribution < -0.4 is 5.32 Å². The van der Waals surface area contributed by atoms with E-state index in [9.17, 15) is 0 Å². The highest BCUT2D eigenvalue weighted by atomic mass is 32.2. The molecule has 0 spiro atoms. The second-order valence-corrected chi connectivity index (χ2v) is 5.97. The van der Waals surface area contributed by atoms with Gasteiger partial charge in [0.25, 0.3) is 0 Å². The van der Waals surface area contributed by atoms with Gasteiger partial charge in [0.15, 0.2) is 0 Å². The fourth-order valence-electron chi connectivity index (χ4n) is 1.42. The summed E-state index contributed by atoms with van der Waals surface area (Å²) >= 11 is 2.12. The molecule has 0 aliphatic rings. The maximum atomic E-state index is 3.68. The molecule has 0 heterocycles. The first-order valence-electron chi connectivity index (χ1n) is 6.50. The molecule has 0 aliphatic heterocycles. The van der Waals surface area contributed by atoms with E-state index in [0.717, 1.165) is 17.7 Å². The van der Waals surface area contributed by atoms with E-state index in [2.05, 4.69) is 51.7 Å². The van der Waals surface area contributed by atoms with E-state index in [1.54, 1.807) is 0 Å². The molecule has 1 nitrogen and oxygen atoms in total. The summed E-state index contributed by atoms with van der Waals surface area (Å²) in [4.78, 5) is 0. The summed E-state index contributed by atoms with van der Waals surface area (Å²) in [6.45, 7) is 12.7. The number of hydrogen-bond donors (Lipinski definition) is 1. The fourth-order valence-corrected chi connectivity index (χ4v) is 2.64. The lowest BCUT2D eigenvalue weighted by Gasteiger charge is -2.25. The molecule has 0 fully saturated rings. The minimum atomic E-state index is 0.703. The zero-order valence-electron chi connectivity index (χ0n) is 11.2. The first kappa shape index (κ1) is 15.3. The van der Waals surface area contributed by atoms with E-state index in [0.29, 0.717) is 6.04 Å². The zero-order valence-corrected chi connectivity index (χ0v) is 12.0. The van der Waals surface area contributed by atoms with Gasteiger partial charge >= 0.3 is 0 Å². The molecule has 15 heavy (non-hydrogen) atoms. The summed E-state index contributed by atoms with van der Waals surface area (Å²) in [7, 11) is 0. The summed E-state index contributed by atoms with van der Waals surface area (Å²) < 4.78 is 0. The molecule has 0 saturated heterocycles. The quantitative estimate of drug-likeness (QED) is 0.645. The SMILES string of the molecule is CCCNC(CSC(C)CC)C(C)CC. The Morgan fingerprint density at radius 1 is 1.07 bits per heavy atom. The number of nitrogens with one attached hydrogen (secondary N) is 1. The lowest BCUT2D eigenvalue weighted by Crippen LogP contribution is -2.37. The Bertz CT molecular complexity index is 138. The molecule has 0 aromatic carbocycles. The third-order valence-corrected chi connectivity index (χ3v) is 4.58. The smallest absolute Gasteiger partial charge is 0.0183 e. The topological polar surface area (TPSA) is 12.0 Å². The van der Waals surface area contributed by atoms with E-state index in [4.69, 9.17) is 0 Å². The Hall–Kier alpha value is 0.310. The molecule has 1 N–H and O–H groups in total. The molecule has 0 aromatic rings. The van der Waals surface area contributed by atoms with Gasteiger partial charge in [-0.05, 0) is 25.3 Å². The molecular formula is C13H29NS. The largest absolute Gasteiger partial charge is 0.313 e. The van der Waals surface area contributed by atoms with Crippen LogP contribution >= 0.6 is 11.8 Å². The molecular weight excluding hydrogens is 202 g/mol. The summed E-state index contributed by atoms with van der Waals surface area (Å²) in [5.41, 5.74) is 0. The summed E-state index contributed by atoms with van der Waals surface area (Å²) in [6, 6.07) is 0.703. The number of rotatable bonds is 9. The van der Waals surface area contributed by atoms with Crippen LogP contribution in [0.1, 0.15) is 53.9 Å². The van der Waals surface area contributed by atoms with Gasteiger partial charge in [-0.1, -0.05) is 41.0 Å². The van der Waals surface area contributed by atoms with E-state index in [1.807, 2.05) is 0 Å². The number of thioether (sulfide) groups is 1. The third-order valence-electron chi connectivity index (χ3n) is 3.12. The van der Waals surface area contributed by atoms with Crippen LogP contribution in [0.25, 0.3) is 0 Å². The van der Waals surface area contributed by atoms with Crippen molar-refractivity contribution in [2.45, 2.75) is 65.2 Å². The van der Waals surface area contributed by atoms with Crippen LogP contribution in [0, 0.1) is 5.92 Å². The second-order valence-electron chi connectivity index (χ2n) is 4.50. The van der Waals surface area contributed by atoms with Crippen LogP contribution in [-0.4, -0.2) is 23.6 Å². The first-order valence-corrected chi connectivity index (χ1v) is 7.55. The van der Waals surface area contributed by atoms with Crippen molar-refractivity contribution in [2.75, 3.05) is 12.3 Å². The first-order chi connectivity index (χ1) is 7.15. The lowest BCUT2D eigenvalue weighted by atomic mass is 10.0. The fraction of sp³-hybridized carbons (Fsp3) is 1.00. The van der Waals surface area contributed by atoms with Crippen LogP contribution in [0.3, 0.4) is 0 Å². The van der Waals surface area contributed by atoms with Crippen molar-refractivity contribution in [3.63, 3.8) is 0 Å². The Balaban J connectivity index is 3.89. The zero-order chi connectivity index (χ0) is 11.7. The van der Waals surface area contributed by atoms with Gasteiger partial charge in [-0.3, -0.25) is 0 Å². The highest BCUT2D eigenvalue weighted by molar-refractivity contribution is 7.99. The molecule has 3 atom stereocenters. The Labute approximate surface area is 101 Å². The maximum Gasteiger partial charge on any atom is 0.0183 e. The van der Waals surface area contributed by atoms with Gasteiger partial charge in [-0.2, -0.15) is 11.8 Å². The molecule has 0 rings (SSSR count). The van der Waals surface area contributed by atoms with E-state index in [-0.39, 0.29) is 0 Å². The highest BCUT2D eigenvalue weighted by Gasteiger charge is 2.15. The molecule has 0 aromatic heterocycles. The van der Waals surface area contributed by atoms with E-state index < -0.39 is 0 Å². The van der Waals surface area contributed by atoms with Gasteiger partial charge in [0.05, 0.1) is 0 Å². The van der Waals surface area contributed by atoms with E-state index >= 15 is 0 Å². The molecule has 3 unspecified atom stereocenters. The maximum absolute atomic E-state index is 3.68. The summed E-state index contributed by atoms with van der Waals surface area (Å²) in [5.74, 6) is 2.07. The van der Waals surface area contributed by atoms with Crippen molar-refractivity contribution in [1.29, 1.82) is 0 Å². The average Bonchev–Trinajstić information content (AvgIpc) is 2.27. The Kier molecular flexibility index (Phi) is 9.73. The monoisotopic (exact) mass is 231 g/mol. The van der Waals surface area contributed by atoms with Gasteiger partial charge in [0, 0.05) is 17.0 Å². The Morgan fingerprint density at radius 3 is 2.20 bits per heavy atom. The molecule has 2 heteroatoms. The third kappa shape index (κ3) is 7.24. The van der Waals surface area contributed by atoms with Crippen LogP contribution in [0.4, 0.5) is 0 Å². The van der Waals surface area contributed by atoms with Gasteiger partial charge in [-0.25, -0.2) is 0 Å². The standard InChI is InChI=1S/C13H29NS/c1-6-9-14-13(11(4)7-2)10-15-12(5)8-3/h11-14H,6-10H2,1-5H3. The Morgan fingerprint density at radius 2 is 1.73 bits per heavy atom. The molecule has 0 saturated carbocycles. The van der Waals surface area contributed by atoms with Crippen LogP contribution in [0.2, 0.25) is 0 Å². The molecule has 0 bridgehead atoms. The van der Waals surface area contributed by atoms with Gasteiger partial charge in [-0.15, -0.1) is 0 Å². The summed E-state index contributed by atoms with van der Waals surface area (Å²) in [5, 5.41) is 4.48. The van der Waals surface area contributed by atoms with Crippen molar-refractivity contribution in [3.8, 4) is 0 Å². The number of hydrogen-bond acceptors (Lipinski definition) is 2. The minimum Gasteiger partial charge on any atom is -0.313 e. The van der Waals surface area contributed by atoms with Gasteiger partial charge in [0.1, 0.15) is 0 Å². The van der Waals surface area contributed by atoms with Crippen molar-refractivity contribution in [3.05, 3.63) is 0 Å². The lowest BCUT2D eigenvalue weighted by molar-refractivity contribution is 0.396. The van der Waals surface area contributed by atoms with Gasteiger partial charge < -0.3 is 5.32 Å². The molecule has 0 aliphatic carbocycles. The molecule has 0 amide bonds. The van der Waals surface area contributed by atoms with Crippen LogP contribution in [-0.2, 0) is 0 Å². The molecule has 92 valence electrons. The second kappa shape index (κ2) is 9.53. The molecule has 0 radical (unpaired) electrons. The van der Waals surface area contributed by atoms with E-state index in [1.165, 1.54) is 25.0 Å². The van der Waals surface area contributed by atoms with Crippen LogP contribution in [0.5, 0.6) is 0 Å². The van der Waals surface area contributed by atoms with Crippen molar-refractivity contribution < 1.29 is 0 Å².